The summed E-state index contributed by atoms with van der Waals surface area (Å²) in [6.45, 7) is 2.08. The molecule has 110 valence electrons. The van der Waals surface area contributed by atoms with E-state index in [1.165, 1.54) is 12.8 Å². The van der Waals surface area contributed by atoms with Gasteiger partial charge in [0.15, 0.2) is 0 Å². The van der Waals surface area contributed by atoms with E-state index in [1.54, 1.807) is 0 Å². The van der Waals surface area contributed by atoms with Crippen molar-refractivity contribution in [1.29, 1.82) is 0 Å². The third kappa shape index (κ3) is 3.27. The van der Waals surface area contributed by atoms with Crippen LogP contribution in [0.1, 0.15) is 43.1 Å². The van der Waals surface area contributed by atoms with Gasteiger partial charge in [-0.15, -0.1) is 0 Å². The first kappa shape index (κ1) is 14.1. The molecular formula is C16H19ClN4. The molecule has 21 heavy (non-hydrogen) atoms. The van der Waals surface area contributed by atoms with Crippen LogP contribution >= 0.6 is 11.6 Å². The van der Waals surface area contributed by atoms with Crippen LogP contribution in [-0.2, 0) is 0 Å². The van der Waals surface area contributed by atoms with Gasteiger partial charge in [0.05, 0.1) is 6.04 Å². The molecule has 1 fully saturated rings. The average Bonchev–Trinajstić information content (AvgIpc) is 3.32. The van der Waals surface area contributed by atoms with Crippen molar-refractivity contribution in [3.05, 3.63) is 46.7 Å². The Labute approximate surface area is 130 Å². The SMILES string of the molecule is CNc1cc(NC(C)c2ccccc2Cl)nc(C2CC2)n1. The van der Waals surface area contributed by atoms with Crippen LogP contribution in [0, 0.1) is 0 Å². The maximum atomic E-state index is 6.25. The zero-order chi connectivity index (χ0) is 14.8. The van der Waals surface area contributed by atoms with Crippen LogP contribution in [0.5, 0.6) is 0 Å². The predicted octanol–water partition coefficient (Wildman–Crippen LogP) is 4.22. The lowest BCUT2D eigenvalue weighted by atomic mass is 10.1. The summed E-state index contributed by atoms with van der Waals surface area (Å²) < 4.78 is 0. The standard InChI is InChI=1S/C16H19ClN4/c1-10(12-5-3-4-6-13(12)17)19-15-9-14(18-2)20-16(21-15)11-7-8-11/h3-6,9-11H,7-8H2,1-2H3,(H2,18,19,20,21). The average molecular weight is 303 g/mol. The van der Waals surface area contributed by atoms with Crippen LogP contribution < -0.4 is 10.6 Å². The van der Waals surface area contributed by atoms with E-state index in [0.717, 1.165) is 28.0 Å². The minimum absolute atomic E-state index is 0.0883. The largest absolute Gasteiger partial charge is 0.373 e. The fourth-order valence-electron chi connectivity index (χ4n) is 2.32. The second-order valence-corrected chi connectivity index (χ2v) is 5.82. The van der Waals surface area contributed by atoms with E-state index >= 15 is 0 Å². The minimum Gasteiger partial charge on any atom is -0.373 e. The lowest BCUT2D eigenvalue weighted by Gasteiger charge is -2.17. The number of halogens is 1. The topological polar surface area (TPSA) is 49.8 Å². The molecule has 1 heterocycles. The number of nitrogens with one attached hydrogen (secondary N) is 2. The summed E-state index contributed by atoms with van der Waals surface area (Å²) in [5.41, 5.74) is 1.07. The molecule has 0 aliphatic heterocycles. The molecule has 0 radical (unpaired) electrons. The van der Waals surface area contributed by atoms with Gasteiger partial charge in [0, 0.05) is 24.1 Å². The summed E-state index contributed by atoms with van der Waals surface area (Å²) in [5, 5.41) is 7.29. The fourth-order valence-corrected chi connectivity index (χ4v) is 2.62. The van der Waals surface area contributed by atoms with Crippen molar-refractivity contribution in [2.75, 3.05) is 17.7 Å². The molecule has 5 heteroatoms. The number of hydrogen-bond acceptors (Lipinski definition) is 4. The smallest absolute Gasteiger partial charge is 0.136 e. The summed E-state index contributed by atoms with van der Waals surface area (Å²) in [7, 11) is 1.88. The van der Waals surface area contributed by atoms with Gasteiger partial charge >= 0.3 is 0 Å². The number of benzene rings is 1. The minimum atomic E-state index is 0.0883. The molecule has 0 bridgehead atoms. The van der Waals surface area contributed by atoms with Gasteiger partial charge in [0.2, 0.25) is 0 Å². The highest BCUT2D eigenvalue weighted by atomic mass is 35.5. The normalized spacial score (nSPS) is 15.6. The Bertz CT molecular complexity index is 640. The molecule has 1 aromatic heterocycles. The van der Waals surface area contributed by atoms with Crippen LogP contribution in [0.15, 0.2) is 30.3 Å². The lowest BCUT2D eigenvalue weighted by molar-refractivity contribution is 0.855. The molecule has 1 aromatic carbocycles. The van der Waals surface area contributed by atoms with Crippen LogP contribution in [0.3, 0.4) is 0 Å². The Hall–Kier alpha value is -1.81. The number of aromatic nitrogens is 2. The Morgan fingerprint density at radius 2 is 1.90 bits per heavy atom. The van der Waals surface area contributed by atoms with E-state index in [9.17, 15) is 0 Å². The van der Waals surface area contributed by atoms with Crippen molar-refractivity contribution in [3.8, 4) is 0 Å². The third-order valence-electron chi connectivity index (χ3n) is 3.68. The summed E-state index contributed by atoms with van der Waals surface area (Å²) >= 11 is 6.25. The van der Waals surface area contributed by atoms with Gasteiger partial charge < -0.3 is 10.6 Å². The maximum absolute atomic E-state index is 6.25. The third-order valence-corrected chi connectivity index (χ3v) is 4.02. The number of anilines is 2. The first-order valence-corrected chi connectivity index (χ1v) is 7.63. The second-order valence-electron chi connectivity index (χ2n) is 5.41. The molecule has 4 nitrogen and oxygen atoms in total. The molecule has 1 aliphatic rings. The van der Waals surface area contributed by atoms with E-state index in [1.807, 2.05) is 37.4 Å². The Morgan fingerprint density at radius 1 is 1.19 bits per heavy atom. The van der Waals surface area contributed by atoms with Gasteiger partial charge in [-0.2, -0.15) is 0 Å². The van der Waals surface area contributed by atoms with Crippen molar-refractivity contribution >= 4 is 23.2 Å². The fraction of sp³-hybridized carbons (Fsp3) is 0.375. The number of rotatable bonds is 5. The van der Waals surface area contributed by atoms with Gasteiger partial charge in [-0.1, -0.05) is 29.8 Å². The van der Waals surface area contributed by atoms with E-state index in [-0.39, 0.29) is 6.04 Å². The van der Waals surface area contributed by atoms with Crippen LogP contribution in [-0.4, -0.2) is 17.0 Å². The van der Waals surface area contributed by atoms with Gasteiger partial charge in [-0.3, -0.25) is 0 Å². The first-order chi connectivity index (χ1) is 10.2. The van der Waals surface area contributed by atoms with E-state index < -0.39 is 0 Å². The molecule has 0 saturated heterocycles. The van der Waals surface area contributed by atoms with Gasteiger partial charge in [0.25, 0.3) is 0 Å². The van der Waals surface area contributed by atoms with Crippen LogP contribution in [0.4, 0.5) is 11.6 Å². The summed E-state index contributed by atoms with van der Waals surface area (Å²) in [4.78, 5) is 9.16. The molecule has 1 unspecified atom stereocenters. The Kier molecular flexibility index (Phi) is 3.97. The summed E-state index contributed by atoms with van der Waals surface area (Å²) in [6, 6.07) is 9.89. The zero-order valence-electron chi connectivity index (χ0n) is 12.2. The van der Waals surface area contributed by atoms with Crippen LogP contribution in [0.25, 0.3) is 0 Å². The number of hydrogen-bond donors (Lipinski definition) is 2. The van der Waals surface area contributed by atoms with Crippen molar-refractivity contribution in [1.82, 2.24) is 9.97 Å². The van der Waals surface area contributed by atoms with Crippen LogP contribution in [0.2, 0.25) is 5.02 Å². The molecular weight excluding hydrogens is 284 g/mol. The van der Waals surface area contributed by atoms with Crippen molar-refractivity contribution in [2.24, 2.45) is 0 Å². The lowest BCUT2D eigenvalue weighted by Crippen LogP contribution is -2.10. The summed E-state index contributed by atoms with van der Waals surface area (Å²) in [5.74, 6) is 3.13. The zero-order valence-corrected chi connectivity index (χ0v) is 13.0. The first-order valence-electron chi connectivity index (χ1n) is 7.25. The van der Waals surface area contributed by atoms with Gasteiger partial charge in [-0.25, -0.2) is 9.97 Å². The molecule has 0 amide bonds. The van der Waals surface area contributed by atoms with E-state index in [4.69, 9.17) is 11.6 Å². The monoisotopic (exact) mass is 302 g/mol. The molecule has 3 rings (SSSR count). The quantitative estimate of drug-likeness (QED) is 0.868. The molecule has 2 aromatic rings. The molecule has 0 spiro atoms. The second kappa shape index (κ2) is 5.90. The molecule has 2 N–H and O–H groups in total. The van der Waals surface area contributed by atoms with Crippen molar-refractivity contribution in [2.45, 2.75) is 31.7 Å². The highest BCUT2D eigenvalue weighted by molar-refractivity contribution is 6.31. The number of nitrogens with zero attached hydrogens (tertiary/aromatic N) is 2. The van der Waals surface area contributed by atoms with Crippen molar-refractivity contribution < 1.29 is 0 Å². The molecule has 1 atom stereocenters. The van der Waals surface area contributed by atoms with E-state index in [2.05, 4.69) is 27.5 Å². The van der Waals surface area contributed by atoms with Gasteiger partial charge in [0.1, 0.15) is 17.5 Å². The summed E-state index contributed by atoms with van der Waals surface area (Å²) in [6.07, 6.45) is 2.37. The Morgan fingerprint density at radius 3 is 2.57 bits per heavy atom. The molecule has 1 saturated carbocycles. The molecule has 1 aliphatic carbocycles. The van der Waals surface area contributed by atoms with Crippen molar-refractivity contribution in [3.63, 3.8) is 0 Å². The Balaban J connectivity index is 1.83. The predicted molar refractivity (Wildman–Crippen MR) is 87.0 cm³/mol. The highest BCUT2D eigenvalue weighted by Crippen LogP contribution is 2.39. The highest BCUT2D eigenvalue weighted by Gasteiger charge is 2.27. The van der Waals surface area contributed by atoms with Gasteiger partial charge in [-0.05, 0) is 31.4 Å². The maximum Gasteiger partial charge on any atom is 0.136 e. The van der Waals surface area contributed by atoms with E-state index in [0.29, 0.717) is 5.92 Å².